The van der Waals surface area contributed by atoms with Crippen LogP contribution in [0, 0.1) is 0 Å². The van der Waals surface area contributed by atoms with Crippen molar-refractivity contribution in [2.75, 3.05) is 0 Å². The molecule has 0 radical (unpaired) electrons. The summed E-state index contributed by atoms with van der Waals surface area (Å²) in [5.41, 5.74) is 0. The van der Waals surface area contributed by atoms with Gasteiger partial charge in [-0.25, -0.2) is 0 Å². The van der Waals surface area contributed by atoms with Crippen molar-refractivity contribution < 1.29 is 45.4 Å². The normalized spacial score (nSPS) is 0.750. The fraction of sp³-hybridized carbons (Fsp3) is 0. The Morgan fingerprint density at radius 3 is 1.25 bits per heavy atom. The minimum absolute atomic E-state index is 0. The van der Waals surface area contributed by atoms with Gasteiger partial charge in [-0.15, -0.1) is 0 Å². The van der Waals surface area contributed by atoms with Gasteiger partial charge < -0.3 is 0 Å². The Morgan fingerprint density at radius 2 is 1.25 bits per heavy atom. The van der Waals surface area contributed by atoms with Gasteiger partial charge in [0.1, 0.15) is 0 Å². The van der Waals surface area contributed by atoms with Crippen molar-refractivity contribution in [3.8, 4) is 0 Å². The Kier molecular flexibility index (Phi) is 90.0. The van der Waals surface area contributed by atoms with Gasteiger partial charge in [0.15, 0.2) is 0 Å². The van der Waals surface area contributed by atoms with Crippen LogP contribution in [0.25, 0.3) is 0 Å². The van der Waals surface area contributed by atoms with E-state index in [0.29, 0.717) is 21.0 Å². The summed E-state index contributed by atoms with van der Waals surface area (Å²) in [5, 5.41) is 0. The zero-order chi connectivity index (χ0) is 2.00. The Hall–Kier alpha value is 1.83. The van der Waals surface area contributed by atoms with Crippen molar-refractivity contribution in [2.45, 2.75) is 0 Å². The van der Waals surface area contributed by atoms with Crippen LogP contribution in [0.2, 0.25) is 0 Å². The van der Waals surface area contributed by atoms with Crippen LogP contribution in [0.5, 0.6) is 0 Å². The van der Waals surface area contributed by atoms with Crippen LogP contribution in [-0.4, -0.2) is 18.9 Å². The third kappa shape index (κ3) is 9.16. The molecule has 0 N–H and O–H groups in total. The largest absolute Gasteiger partial charge is 0 e. The molecule has 0 saturated heterocycles. The van der Waals surface area contributed by atoms with Gasteiger partial charge in [0, 0.05) is 21.1 Å². The second-order valence-electron chi connectivity index (χ2n) is 0. The molecule has 0 spiro atoms. The van der Waals surface area contributed by atoms with Gasteiger partial charge in [-0.1, -0.05) is 0 Å². The van der Waals surface area contributed by atoms with Crippen LogP contribution < -0.4 is 0 Å². The molecule has 0 aromatic rings. The van der Waals surface area contributed by atoms with Crippen molar-refractivity contribution in [3.05, 3.63) is 0 Å². The molecular formula is HLiNbOW. The predicted molar refractivity (Wildman–Crippen MR) is 7.84 cm³/mol. The summed E-state index contributed by atoms with van der Waals surface area (Å²) in [6.07, 6.45) is 0. The van der Waals surface area contributed by atoms with E-state index >= 15 is 0 Å². The Morgan fingerprint density at radius 1 is 1.25 bits per heavy atom. The molecule has 0 unspecified atom stereocenters. The average molecular weight is 301 g/mol. The second-order valence-corrected chi connectivity index (χ2v) is 0. The van der Waals surface area contributed by atoms with Crippen molar-refractivity contribution in [1.29, 1.82) is 0 Å². The number of rotatable bonds is 0. The Balaban J connectivity index is -0.00000000500. The van der Waals surface area contributed by atoms with Crippen molar-refractivity contribution in [3.63, 3.8) is 0 Å². The van der Waals surface area contributed by atoms with Crippen LogP contribution in [0.3, 0.4) is 0 Å². The summed E-state index contributed by atoms with van der Waals surface area (Å²) < 4.78 is 8.30. The third-order valence-corrected chi connectivity index (χ3v) is 0. The molecule has 0 aromatic heterocycles. The van der Waals surface area contributed by atoms with Gasteiger partial charge in [0.05, 0.1) is 0 Å². The summed E-state index contributed by atoms with van der Waals surface area (Å²) >= 11 is 0.500. The minimum atomic E-state index is 0. The topological polar surface area (TPSA) is 17.1 Å². The van der Waals surface area contributed by atoms with Crippen molar-refractivity contribution in [2.24, 2.45) is 0 Å². The summed E-state index contributed by atoms with van der Waals surface area (Å²) in [7, 11) is 0. The predicted octanol–water partition coefficient (Wildman–Crippen LogP) is -0.772. The summed E-state index contributed by atoms with van der Waals surface area (Å²) in [6, 6.07) is 0. The molecule has 19 valence electrons. The molecule has 4 heteroatoms. The van der Waals surface area contributed by atoms with Gasteiger partial charge >= 0.3 is 43.2 Å². The molecule has 0 amide bonds. The van der Waals surface area contributed by atoms with E-state index in [1.54, 1.807) is 0 Å². The molecule has 4 heavy (non-hydrogen) atoms. The van der Waals surface area contributed by atoms with E-state index in [1.807, 2.05) is 0 Å². The second kappa shape index (κ2) is 21.2. The molecule has 0 aliphatic rings. The van der Waals surface area contributed by atoms with E-state index in [-0.39, 0.29) is 39.9 Å². The van der Waals surface area contributed by atoms with Crippen molar-refractivity contribution >= 4 is 18.9 Å². The molecule has 0 bridgehead atoms. The first kappa shape index (κ1) is 17.0. The molecule has 0 fully saturated rings. The fourth-order valence-corrected chi connectivity index (χ4v) is 0. The van der Waals surface area contributed by atoms with E-state index in [4.69, 9.17) is 3.25 Å². The molecular weight excluding hydrogens is 300 g/mol. The van der Waals surface area contributed by atoms with Gasteiger partial charge in [-0.05, 0) is 0 Å². The van der Waals surface area contributed by atoms with Crippen molar-refractivity contribution in [1.82, 2.24) is 0 Å². The Bertz CT molecular complexity index is 8.00. The monoisotopic (exact) mass is 301 g/mol. The van der Waals surface area contributed by atoms with E-state index in [0.717, 1.165) is 0 Å². The van der Waals surface area contributed by atoms with Crippen LogP contribution >= 0.6 is 0 Å². The third-order valence-electron chi connectivity index (χ3n) is 0. The maximum absolute atomic E-state index is 8.30. The number of hydrogen-bond acceptors (Lipinski definition) is 1. The standard InChI is InChI=1S/Li.Nb.O.W.H. The molecule has 0 aromatic carbocycles. The van der Waals surface area contributed by atoms with E-state index in [2.05, 4.69) is 0 Å². The number of hydrogen-bond donors (Lipinski definition) is 0. The van der Waals surface area contributed by atoms with Gasteiger partial charge in [-0.3, -0.25) is 0 Å². The molecule has 0 aliphatic heterocycles. The molecule has 0 atom stereocenters. The molecule has 0 rings (SSSR count). The van der Waals surface area contributed by atoms with Crippen LogP contribution in [0.4, 0.5) is 0 Å². The first-order valence-corrected chi connectivity index (χ1v) is 1.08. The molecule has 0 saturated carbocycles. The van der Waals surface area contributed by atoms with Gasteiger partial charge in [-0.2, -0.15) is 0 Å². The zero-order valence-corrected chi connectivity index (χ0v) is 6.40. The summed E-state index contributed by atoms with van der Waals surface area (Å²) in [6.45, 7) is 0. The van der Waals surface area contributed by atoms with Gasteiger partial charge in [0.2, 0.25) is 0 Å². The van der Waals surface area contributed by atoms with Crippen LogP contribution in [0.1, 0.15) is 0 Å². The summed E-state index contributed by atoms with van der Waals surface area (Å²) in [4.78, 5) is 0. The smallest absolute Gasteiger partial charge is 0 e. The maximum atomic E-state index is 8.30. The van der Waals surface area contributed by atoms with E-state index < -0.39 is 0 Å². The average Bonchev–Trinajstić information content (AvgIpc) is 1.00. The zero-order valence-electron chi connectivity index (χ0n) is 1.26. The Labute approximate surface area is 63.6 Å². The first-order chi connectivity index (χ1) is 1.00. The molecule has 0 heterocycles. The fourth-order valence-electron chi connectivity index (χ4n) is 0. The quantitative estimate of drug-likeness (QED) is 0.537. The van der Waals surface area contributed by atoms with Gasteiger partial charge in [0.25, 0.3) is 0 Å². The first-order valence-electron chi connectivity index (χ1n) is 0.183. The SMILES string of the molecule is [LiH].[O]=[Nb].[W]. The molecule has 0 aliphatic carbocycles. The van der Waals surface area contributed by atoms with E-state index in [9.17, 15) is 0 Å². The van der Waals surface area contributed by atoms with E-state index in [1.165, 1.54) is 0 Å². The maximum Gasteiger partial charge on any atom is 0 e. The van der Waals surface area contributed by atoms with Crippen LogP contribution in [0.15, 0.2) is 0 Å². The van der Waals surface area contributed by atoms with Crippen LogP contribution in [-0.2, 0) is 45.4 Å². The molecule has 1 nitrogen and oxygen atoms in total. The minimum Gasteiger partial charge on any atom is 0 e. The summed E-state index contributed by atoms with van der Waals surface area (Å²) in [5.74, 6) is 0.